The van der Waals surface area contributed by atoms with E-state index in [1.165, 1.54) is 30.7 Å². The van der Waals surface area contributed by atoms with E-state index in [0.717, 1.165) is 23.1 Å². The molecule has 2 nitrogen and oxygen atoms in total. The molecule has 4 heteroatoms. The standard InChI is InChI=1S/C22H19FN2S/c1-2-3-4-16-5-7-17(8-6-16)18-9-11-19(12-10-18)20-14-24-22(25-15-26)13-21(20)23/h5-14H,2-4H2,1H3. The van der Waals surface area contributed by atoms with Crippen LogP contribution in [0.5, 0.6) is 0 Å². The van der Waals surface area contributed by atoms with Crippen molar-refractivity contribution >= 4 is 23.2 Å². The third-order valence-electron chi connectivity index (χ3n) is 4.30. The summed E-state index contributed by atoms with van der Waals surface area (Å²) in [7, 11) is 0. The molecule has 1 heterocycles. The van der Waals surface area contributed by atoms with Gasteiger partial charge in [-0.3, -0.25) is 0 Å². The van der Waals surface area contributed by atoms with Crippen molar-refractivity contribution in [3.05, 3.63) is 72.2 Å². The molecule has 130 valence electrons. The van der Waals surface area contributed by atoms with Crippen LogP contribution >= 0.6 is 12.2 Å². The van der Waals surface area contributed by atoms with Gasteiger partial charge in [-0.1, -0.05) is 61.9 Å². The molecule has 0 spiro atoms. The molecule has 0 aliphatic rings. The van der Waals surface area contributed by atoms with Crippen LogP contribution in [0, 0.1) is 5.82 Å². The maximum absolute atomic E-state index is 14.3. The van der Waals surface area contributed by atoms with Crippen LogP contribution in [0.15, 0.2) is 65.8 Å². The zero-order chi connectivity index (χ0) is 18.4. The first-order valence-electron chi connectivity index (χ1n) is 8.64. The molecule has 0 radical (unpaired) electrons. The molecule has 0 N–H and O–H groups in total. The number of thiocarbonyl (C=S) groups is 1. The molecule has 0 atom stereocenters. The monoisotopic (exact) mass is 362 g/mol. The van der Waals surface area contributed by atoms with Gasteiger partial charge in [-0.05, 0) is 47.3 Å². The highest BCUT2D eigenvalue weighted by molar-refractivity contribution is 7.78. The van der Waals surface area contributed by atoms with Gasteiger partial charge in [0.1, 0.15) is 5.82 Å². The molecular formula is C22H19FN2S. The second kappa shape index (κ2) is 8.61. The number of unbranched alkanes of at least 4 members (excludes halogenated alkanes) is 1. The average Bonchev–Trinajstić information content (AvgIpc) is 2.67. The minimum Gasteiger partial charge on any atom is -0.236 e. The van der Waals surface area contributed by atoms with Gasteiger partial charge in [0.05, 0.1) is 5.16 Å². The van der Waals surface area contributed by atoms with Gasteiger partial charge in [0.25, 0.3) is 0 Å². The summed E-state index contributed by atoms with van der Waals surface area (Å²) >= 11 is 4.51. The van der Waals surface area contributed by atoms with Gasteiger partial charge in [0, 0.05) is 17.8 Å². The van der Waals surface area contributed by atoms with Gasteiger partial charge < -0.3 is 0 Å². The summed E-state index contributed by atoms with van der Waals surface area (Å²) in [6, 6.07) is 17.7. The summed E-state index contributed by atoms with van der Waals surface area (Å²) in [5.74, 6) is -0.155. The number of pyridine rings is 1. The molecule has 0 bridgehead atoms. The molecule has 0 saturated heterocycles. The van der Waals surface area contributed by atoms with Gasteiger partial charge in [0.15, 0.2) is 5.82 Å². The lowest BCUT2D eigenvalue weighted by Gasteiger charge is -2.07. The largest absolute Gasteiger partial charge is 0.236 e. The molecule has 2 aromatic carbocycles. The first-order chi connectivity index (χ1) is 12.7. The predicted octanol–water partition coefficient (Wildman–Crippen LogP) is 6.63. The molecule has 0 saturated carbocycles. The SMILES string of the molecule is CCCCc1ccc(-c2ccc(-c3cnc(N=C=S)cc3F)cc2)cc1. The topological polar surface area (TPSA) is 25.2 Å². The second-order valence-corrected chi connectivity index (χ2v) is 6.29. The number of aromatic nitrogens is 1. The zero-order valence-corrected chi connectivity index (χ0v) is 15.4. The Morgan fingerprint density at radius 2 is 1.62 bits per heavy atom. The highest BCUT2D eigenvalue weighted by Gasteiger charge is 2.08. The van der Waals surface area contributed by atoms with Crippen LogP contribution in [0.4, 0.5) is 10.2 Å². The Hall–Kier alpha value is -2.68. The minimum atomic E-state index is -0.378. The van der Waals surface area contributed by atoms with E-state index in [0.29, 0.717) is 5.56 Å². The smallest absolute Gasteiger partial charge is 0.165 e. The molecule has 3 rings (SSSR count). The van der Waals surface area contributed by atoms with Crippen LogP contribution in [-0.2, 0) is 6.42 Å². The number of aliphatic imine (C=N–C) groups is 1. The van der Waals surface area contributed by atoms with Crippen LogP contribution in [0.25, 0.3) is 22.3 Å². The lowest BCUT2D eigenvalue weighted by Crippen LogP contribution is -1.88. The molecule has 0 aliphatic heterocycles. The van der Waals surface area contributed by atoms with Crippen molar-refractivity contribution in [1.82, 2.24) is 4.98 Å². The van der Waals surface area contributed by atoms with E-state index in [4.69, 9.17) is 0 Å². The van der Waals surface area contributed by atoms with E-state index < -0.39 is 0 Å². The highest BCUT2D eigenvalue weighted by atomic mass is 32.1. The summed E-state index contributed by atoms with van der Waals surface area (Å²) < 4.78 is 14.3. The third-order valence-corrected chi connectivity index (χ3v) is 4.39. The fraction of sp³-hybridized carbons (Fsp3) is 0.182. The van der Waals surface area contributed by atoms with Gasteiger partial charge in [-0.15, -0.1) is 0 Å². The van der Waals surface area contributed by atoms with E-state index in [1.54, 1.807) is 0 Å². The minimum absolute atomic E-state index is 0.223. The Labute approximate surface area is 158 Å². The normalized spacial score (nSPS) is 10.4. The van der Waals surface area contributed by atoms with Crippen LogP contribution < -0.4 is 0 Å². The number of nitrogens with zero attached hydrogens (tertiary/aromatic N) is 2. The molecular weight excluding hydrogens is 343 g/mol. The molecule has 0 aliphatic carbocycles. The third kappa shape index (κ3) is 4.29. The Morgan fingerprint density at radius 1 is 1.00 bits per heavy atom. The quantitative estimate of drug-likeness (QED) is 0.363. The lowest BCUT2D eigenvalue weighted by molar-refractivity contribution is 0.629. The van der Waals surface area contributed by atoms with Crippen molar-refractivity contribution in [2.45, 2.75) is 26.2 Å². The summed E-state index contributed by atoms with van der Waals surface area (Å²) in [5.41, 5.74) is 4.83. The Balaban J connectivity index is 1.81. The van der Waals surface area contributed by atoms with Gasteiger partial charge in [-0.2, -0.15) is 4.99 Å². The molecule has 0 amide bonds. The number of hydrogen-bond donors (Lipinski definition) is 0. The van der Waals surface area contributed by atoms with Gasteiger partial charge in [-0.25, -0.2) is 9.37 Å². The highest BCUT2D eigenvalue weighted by Crippen LogP contribution is 2.28. The van der Waals surface area contributed by atoms with E-state index in [1.807, 2.05) is 24.3 Å². The number of isothiocyanates is 1. The van der Waals surface area contributed by atoms with Crippen LogP contribution in [0.2, 0.25) is 0 Å². The predicted molar refractivity (Wildman–Crippen MR) is 108 cm³/mol. The maximum atomic E-state index is 14.3. The van der Waals surface area contributed by atoms with E-state index in [9.17, 15) is 4.39 Å². The number of halogens is 1. The first kappa shape index (κ1) is 18.1. The van der Waals surface area contributed by atoms with Crippen LogP contribution in [-0.4, -0.2) is 10.1 Å². The zero-order valence-electron chi connectivity index (χ0n) is 14.6. The average molecular weight is 362 g/mol. The van der Waals surface area contributed by atoms with Crippen molar-refractivity contribution < 1.29 is 4.39 Å². The number of rotatable bonds is 6. The second-order valence-electron chi connectivity index (χ2n) is 6.10. The summed E-state index contributed by atoms with van der Waals surface area (Å²) in [6.07, 6.45) is 5.00. The molecule has 3 aromatic rings. The van der Waals surface area contributed by atoms with Crippen molar-refractivity contribution in [2.24, 2.45) is 4.99 Å². The van der Waals surface area contributed by atoms with Crippen molar-refractivity contribution in [3.63, 3.8) is 0 Å². The fourth-order valence-electron chi connectivity index (χ4n) is 2.83. The molecule has 0 unspecified atom stereocenters. The van der Waals surface area contributed by atoms with Gasteiger partial charge >= 0.3 is 0 Å². The summed E-state index contributed by atoms with van der Waals surface area (Å²) in [6.45, 7) is 2.20. The molecule has 0 fully saturated rings. The number of benzene rings is 2. The van der Waals surface area contributed by atoms with Crippen LogP contribution in [0.1, 0.15) is 25.3 Å². The fourth-order valence-corrected chi connectivity index (χ4v) is 2.92. The van der Waals surface area contributed by atoms with Crippen LogP contribution in [0.3, 0.4) is 0 Å². The summed E-state index contributed by atoms with van der Waals surface area (Å²) in [5, 5.41) is 2.19. The lowest BCUT2D eigenvalue weighted by atomic mass is 9.99. The Morgan fingerprint density at radius 3 is 2.19 bits per heavy atom. The first-order valence-corrected chi connectivity index (χ1v) is 9.05. The summed E-state index contributed by atoms with van der Waals surface area (Å²) in [4.78, 5) is 7.78. The van der Waals surface area contributed by atoms with Crippen molar-refractivity contribution in [2.75, 3.05) is 0 Å². The van der Waals surface area contributed by atoms with E-state index in [-0.39, 0.29) is 11.6 Å². The van der Waals surface area contributed by atoms with Crippen molar-refractivity contribution in [1.29, 1.82) is 0 Å². The maximum Gasteiger partial charge on any atom is 0.165 e. The van der Waals surface area contributed by atoms with Gasteiger partial charge in [0.2, 0.25) is 0 Å². The van der Waals surface area contributed by atoms with E-state index in [2.05, 4.69) is 58.5 Å². The van der Waals surface area contributed by atoms with E-state index >= 15 is 0 Å². The Kier molecular flexibility index (Phi) is 6.00. The number of hydrogen-bond acceptors (Lipinski definition) is 3. The molecule has 1 aromatic heterocycles. The number of aryl methyl sites for hydroxylation is 1. The Bertz CT molecular complexity index is 927. The van der Waals surface area contributed by atoms with Crippen molar-refractivity contribution in [3.8, 4) is 22.3 Å². The molecule has 26 heavy (non-hydrogen) atoms.